The Bertz CT molecular complexity index is 1080. The van der Waals surface area contributed by atoms with Gasteiger partial charge >= 0.3 is 0 Å². The van der Waals surface area contributed by atoms with Gasteiger partial charge in [0.15, 0.2) is 0 Å². The fourth-order valence-electron chi connectivity index (χ4n) is 5.29. The van der Waals surface area contributed by atoms with E-state index in [9.17, 15) is 5.11 Å². The number of nitrogens with zero attached hydrogens (tertiary/aromatic N) is 3. The lowest BCUT2D eigenvalue weighted by molar-refractivity contribution is 0.0314. The zero-order chi connectivity index (χ0) is 25.5. The van der Waals surface area contributed by atoms with E-state index in [0.717, 1.165) is 86.3 Å². The molecule has 198 valence electrons. The van der Waals surface area contributed by atoms with E-state index in [-0.39, 0.29) is 12.7 Å². The molecule has 2 saturated heterocycles. The Balaban J connectivity index is 1.37. The minimum atomic E-state index is -0.638. The molecule has 2 atom stereocenters. The Morgan fingerprint density at radius 1 is 1.05 bits per heavy atom. The number of anilines is 1. The van der Waals surface area contributed by atoms with E-state index in [2.05, 4.69) is 34.0 Å². The van der Waals surface area contributed by atoms with Gasteiger partial charge in [0.2, 0.25) is 5.88 Å². The van der Waals surface area contributed by atoms with Crippen LogP contribution in [0.3, 0.4) is 0 Å². The summed E-state index contributed by atoms with van der Waals surface area (Å²) in [6.45, 7) is 7.14. The second kappa shape index (κ2) is 12.6. The Labute approximate surface area is 220 Å². The van der Waals surface area contributed by atoms with Crippen LogP contribution in [0.2, 0.25) is 0 Å². The fraction of sp³-hybridized carbons (Fsp3) is 0.500. The molecule has 0 aliphatic carbocycles. The highest BCUT2D eigenvalue weighted by atomic mass is 16.5. The molecular formula is C30H39N3O4. The van der Waals surface area contributed by atoms with E-state index < -0.39 is 6.10 Å². The van der Waals surface area contributed by atoms with Crippen molar-refractivity contribution in [3.8, 4) is 17.0 Å². The van der Waals surface area contributed by atoms with Crippen LogP contribution in [-0.4, -0.2) is 66.8 Å². The molecule has 2 unspecified atom stereocenters. The number of hydrogen-bond donors (Lipinski definition) is 1. The van der Waals surface area contributed by atoms with E-state index in [1.165, 1.54) is 0 Å². The average molecular weight is 506 g/mol. The van der Waals surface area contributed by atoms with Gasteiger partial charge in [-0.3, -0.25) is 4.90 Å². The minimum absolute atomic E-state index is 0.168. The number of rotatable bonds is 11. The summed E-state index contributed by atoms with van der Waals surface area (Å²) in [4.78, 5) is 4.62. The maximum absolute atomic E-state index is 11.0. The zero-order valence-electron chi connectivity index (χ0n) is 21.8. The van der Waals surface area contributed by atoms with E-state index in [4.69, 9.17) is 14.0 Å². The van der Waals surface area contributed by atoms with Gasteiger partial charge in [0, 0.05) is 44.9 Å². The molecule has 2 aliphatic rings. The summed E-state index contributed by atoms with van der Waals surface area (Å²) in [6.07, 6.45) is 3.95. The molecular weight excluding hydrogens is 466 g/mol. The van der Waals surface area contributed by atoms with Crippen LogP contribution in [0.25, 0.3) is 11.3 Å². The molecule has 37 heavy (non-hydrogen) atoms. The molecule has 3 aromatic rings. The van der Waals surface area contributed by atoms with Crippen LogP contribution in [0.15, 0.2) is 65.2 Å². The largest absolute Gasteiger partial charge is 0.491 e. The maximum atomic E-state index is 11.0. The van der Waals surface area contributed by atoms with E-state index in [0.29, 0.717) is 13.1 Å². The molecule has 7 nitrogen and oxygen atoms in total. The first-order valence-corrected chi connectivity index (χ1v) is 13.6. The van der Waals surface area contributed by atoms with Gasteiger partial charge in [-0.2, -0.15) is 0 Å². The number of benzene rings is 2. The lowest BCUT2D eigenvalue weighted by atomic mass is 9.98. The van der Waals surface area contributed by atoms with Crippen molar-refractivity contribution < 1.29 is 19.1 Å². The first-order valence-electron chi connectivity index (χ1n) is 13.6. The van der Waals surface area contributed by atoms with Crippen LogP contribution >= 0.6 is 0 Å². The SMILES string of the molecule is CC1CCN(c2onc(-c3ccccc3)c2CN(CC(O)COc2ccccc2)CC2CCCO2)CC1. The fourth-order valence-corrected chi connectivity index (χ4v) is 5.29. The quantitative estimate of drug-likeness (QED) is 0.393. The monoisotopic (exact) mass is 505 g/mol. The molecule has 2 aromatic carbocycles. The molecule has 2 fully saturated rings. The van der Waals surface area contributed by atoms with Crippen molar-refractivity contribution in [3.63, 3.8) is 0 Å². The summed E-state index contributed by atoms with van der Waals surface area (Å²) in [6, 6.07) is 19.9. The molecule has 0 saturated carbocycles. The topological polar surface area (TPSA) is 71.2 Å². The molecule has 7 heteroatoms. The van der Waals surface area contributed by atoms with Gasteiger partial charge in [-0.25, -0.2) is 0 Å². The summed E-state index contributed by atoms with van der Waals surface area (Å²) in [5.74, 6) is 2.35. The second-order valence-electron chi connectivity index (χ2n) is 10.5. The molecule has 0 spiro atoms. The van der Waals surface area contributed by atoms with Crippen LogP contribution in [0.4, 0.5) is 5.88 Å². The normalized spacial score (nSPS) is 19.4. The summed E-state index contributed by atoms with van der Waals surface area (Å²) in [5, 5.41) is 15.5. The van der Waals surface area contributed by atoms with Crippen LogP contribution in [0, 0.1) is 5.92 Å². The van der Waals surface area contributed by atoms with E-state index in [1.807, 2.05) is 48.5 Å². The van der Waals surface area contributed by atoms with Crippen molar-refractivity contribution in [2.75, 3.05) is 44.3 Å². The Morgan fingerprint density at radius 2 is 1.78 bits per heavy atom. The molecule has 0 bridgehead atoms. The summed E-state index contributed by atoms with van der Waals surface area (Å²) < 4.78 is 17.9. The number of aliphatic hydroxyl groups excluding tert-OH is 1. The number of aromatic nitrogens is 1. The van der Waals surface area contributed by atoms with Crippen molar-refractivity contribution in [1.29, 1.82) is 0 Å². The predicted octanol–water partition coefficient (Wildman–Crippen LogP) is 5.00. The molecule has 2 aliphatic heterocycles. The lowest BCUT2D eigenvalue weighted by Gasteiger charge is -2.32. The molecule has 1 N–H and O–H groups in total. The van der Waals surface area contributed by atoms with Crippen molar-refractivity contribution in [2.24, 2.45) is 5.92 Å². The Hall–Kier alpha value is -2.87. The molecule has 0 radical (unpaired) electrons. The van der Waals surface area contributed by atoms with Gasteiger partial charge in [-0.05, 0) is 43.7 Å². The van der Waals surface area contributed by atoms with Gasteiger partial charge in [-0.1, -0.05) is 60.6 Å². The van der Waals surface area contributed by atoms with Gasteiger partial charge in [0.05, 0.1) is 11.7 Å². The lowest BCUT2D eigenvalue weighted by Crippen LogP contribution is -2.40. The highest BCUT2D eigenvalue weighted by Crippen LogP contribution is 2.35. The van der Waals surface area contributed by atoms with Crippen molar-refractivity contribution in [2.45, 2.75) is 51.4 Å². The molecule has 3 heterocycles. The standard InChI is InChI=1S/C30H39N3O4/c1-23-14-16-33(17-15-23)30-28(29(31-37-30)24-9-4-2-5-10-24)21-32(20-27-13-8-18-35-27)19-25(34)22-36-26-11-6-3-7-12-26/h2-7,9-12,23,25,27,34H,8,13-22H2,1H3. The third-order valence-electron chi connectivity index (χ3n) is 7.41. The first-order chi connectivity index (χ1) is 18.2. The van der Waals surface area contributed by atoms with Crippen molar-refractivity contribution in [1.82, 2.24) is 10.1 Å². The van der Waals surface area contributed by atoms with Gasteiger partial charge in [0.25, 0.3) is 0 Å². The number of aliphatic hydroxyl groups is 1. The van der Waals surface area contributed by atoms with Crippen LogP contribution in [-0.2, 0) is 11.3 Å². The van der Waals surface area contributed by atoms with Gasteiger partial charge in [-0.15, -0.1) is 0 Å². The number of hydrogen-bond acceptors (Lipinski definition) is 7. The first kappa shape index (κ1) is 25.8. The molecule has 1 aromatic heterocycles. The molecule has 0 amide bonds. The Kier molecular flexibility index (Phi) is 8.76. The Morgan fingerprint density at radius 3 is 2.49 bits per heavy atom. The van der Waals surface area contributed by atoms with Crippen LogP contribution in [0.1, 0.15) is 38.2 Å². The predicted molar refractivity (Wildman–Crippen MR) is 145 cm³/mol. The van der Waals surface area contributed by atoms with Crippen LogP contribution in [0.5, 0.6) is 5.75 Å². The number of para-hydroxylation sites is 1. The summed E-state index contributed by atoms with van der Waals surface area (Å²) in [5.41, 5.74) is 3.00. The zero-order valence-corrected chi connectivity index (χ0v) is 21.8. The second-order valence-corrected chi connectivity index (χ2v) is 10.5. The third kappa shape index (κ3) is 6.92. The van der Waals surface area contributed by atoms with E-state index in [1.54, 1.807) is 0 Å². The van der Waals surface area contributed by atoms with Crippen LogP contribution < -0.4 is 9.64 Å². The highest BCUT2D eigenvalue weighted by Gasteiger charge is 2.29. The smallest absolute Gasteiger partial charge is 0.232 e. The number of ether oxygens (including phenoxy) is 2. The van der Waals surface area contributed by atoms with Crippen molar-refractivity contribution in [3.05, 3.63) is 66.2 Å². The van der Waals surface area contributed by atoms with Crippen molar-refractivity contribution >= 4 is 5.88 Å². The highest BCUT2D eigenvalue weighted by molar-refractivity contribution is 5.68. The maximum Gasteiger partial charge on any atom is 0.232 e. The average Bonchev–Trinajstić information content (AvgIpc) is 3.59. The van der Waals surface area contributed by atoms with Gasteiger partial charge < -0.3 is 24.0 Å². The summed E-state index contributed by atoms with van der Waals surface area (Å²) >= 11 is 0. The van der Waals surface area contributed by atoms with E-state index >= 15 is 0 Å². The number of piperidine rings is 1. The third-order valence-corrected chi connectivity index (χ3v) is 7.41. The molecule has 5 rings (SSSR count). The van der Waals surface area contributed by atoms with Gasteiger partial charge in [0.1, 0.15) is 24.2 Å². The summed E-state index contributed by atoms with van der Waals surface area (Å²) in [7, 11) is 0. The minimum Gasteiger partial charge on any atom is -0.491 e.